The van der Waals surface area contributed by atoms with E-state index in [-0.39, 0.29) is 30.6 Å². The van der Waals surface area contributed by atoms with Gasteiger partial charge in [0.25, 0.3) is 0 Å². The Morgan fingerprint density at radius 3 is 2.22 bits per heavy atom. The number of carbonyl (C=O) groups excluding carboxylic acids is 1. The minimum atomic E-state index is -1.03. The maximum Gasteiger partial charge on any atom is 0.323 e. The van der Waals surface area contributed by atoms with Crippen molar-refractivity contribution in [1.82, 2.24) is 9.80 Å². The Kier molecular flexibility index (Phi) is 5.88. The summed E-state index contributed by atoms with van der Waals surface area (Å²) >= 11 is 0. The number of urea groups is 1. The molecule has 1 N–H and O–H groups in total. The Morgan fingerprint density at radius 1 is 1.39 bits per heavy atom. The van der Waals surface area contributed by atoms with Crippen molar-refractivity contribution >= 4 is 12.0 Å². The molecule has 0 saturated carbocycles. The van der Waals surface area contributed by atoms with E-state index in [2.05, 4.69) is 6.58 Å². The fourth-order valence-corrected chi connectivity index (χ4v) is 1.50. The summed E-state index contributed by atoms with van der Waals surface area (Å²) in [6.07, 6.45) is 1.52. The minimum Gasteiger partial charge on any atom is -0.480 e. The van der Waals surface area contributed by atoms with Crippen molar-refractivity contribution in [2.24, 2.45) is 5.41 Å². The number of carboxylic acid groups (broad SMARTS) is 1. The van der Waals surface area contributed by atoms with Crippen LogP contribution in [0.25, 0.3) is 0 Å². The van der Waals surface area contributed by atoms with Crippen LogP contribution >= 0.6 is 0 Å². The molecular formula is C13H24N2O3. The topological polar surface area (TPSA) is 60.9 Å². The van der Waals surface area contributed by atoms with Crippen molar-refractivity contribution < 1.29 is 14.7 Å². The second-order valence-electron chi connectivity index (χ2n) is 5.50. The third kappa shape index (κ3) is 4.77. The number of carbonyl (C=O) groups is 2. The second-order valence-corrected chi connectivity index (χ2v) is 5.50. The van der Waals surface area contributed by atoms with E-state index in [9.17, 15) is 9.59 Å². The van der Waals surface area contributed by atoms with Gasteiger partial charge in [0.15, 0.2) is 0 Å². The van der Waals surface area contributed by atoms with E-state index in [0.717, 1.165) is 0 Å². The zero-order valence-electron chi connectivity index (χ0n) is 11.9. The van der Waals surface area contributed by atoms with E-state index in [1.165, 1.54) is 11.0 Å². The molecule has 5 heteroatoms. The Morgan fingerprint density at radius 2 is 1.89 bits per heavy atom. The highest BCUT2D eigenvalue weighted by molar-refractivity contribution is 5.80. The first kappa shape index (κ1) is 16.5. The molecule has 0 aliphatic carbocycles. The van der Waals surface area contributed by atoms with Gasteiger partial charge in [-0.3, -0.25) is 4.79 Å². The molecule has 1 atom stereocenters. The normalized spacial score (nSPS) is 12.7. The van der Waals surface area contributed by atoms with Gasteiger partial charge in [0.2, 0.25) is 0 Å². The summed E-state index contributed by atoms with van der Waals surface area (Å²) < 4.78 is 0. The van der Waals surface area contributed by atoms with Crippen molar-refractivity contribution in [3.05, 3.63) is 12.7 Å². The third-order valence-corrected chi connectivity index (χ3v) is 3.08. The lowest BCUT2D eigenvalue weighted by Crippen LogP contribution is -2.50. The van der Waals surface area contributed by atoms with Gasteiger partial charge in [-0.1, -0.05) is 26.8 Å². The quantitative estimate of drug-likeness (QED) is 0.766. The maximum atomic E-state index is 12.2. The first-order valence-corrected chi connectivity index (χ1v) is 5.95. The SMILES string of the molecule is C=CCN(CC(=O)O)C(=O)N(C)C(C)C(C)(C)C. The Bertz CT molecular complexity index is 321. The van der Waals surface area contributed by atoms with E-state index in [1.54, 1.807) is 11.9 Å². The molecule has 0 radical (unpaired) electrons. The van der Waals surface area contributed by atoms with Crippen LogP contribution in [0.3, 0.4) is 0 Å². The highest BCUT2D eigenvalue weighted by atomic mass is 16.4. The molecule has 0 bridgehead atoms. The van der Waals surface area contributed by atoms with Crippen LogP contribution in [0.4, 0.5) is 4.79 Å². The van der Waals surface area contributed by atoms with E-state index in [0.29, 0.717) is 0 Å². The highest BCUT2D eigenvalue weighted by Gasteiger charge is 2.29. The van der Waals surface area contributed by atoms with Gasteiger partial charge < -0.3 is 14.9 Å². The number of hydrogen-bond acceptors (Lipinski definition) is 2. The summed E-state index contributed by atoms with van der Waals surface area (Å²) in [5.41, 5.74) is -0.0620. The monoisotopic (exact) mass is 256 g/mol. The number of hydrogen-bond donors (Lipinski definition) is 1. The van der Waals surface area contributed by atoms with Crippen LogP contribution in [-0.2, 0) is 4.79 Å². The molecule has 0 aliphatic heterocycles. The molecule has 1 unspecified atom stereocenters. The fourth-order valence-electron chi connectivity index (χ4n) is 1.50. The van der Waals surface area contributed by atoms with Crippen LogP contribution in [0, 0.1) is 5.41 Å². The van der Waals surface area contributed by atoms with Crippen LogP contribution in [0.15, 0.2) is 12.7 Å². The Labute approximate surface area is 109 Å². The molecule has 104 valence electrons. The second kappa shape index (κ2) is 6.42. The van der Waals surface area contributed by atoms with Gasteiger partial charge in [-0.15, -0.1) is 6.58 Å². The lowest BCUT2D eigenvalue weighted by molar-refractivity contribution is -0.137. The van der Waals surface area contributed by atoms with Crippen LogP contribution in [0.2, 0.25) is 0 Å². The molecule has 0 saturated heterocycles. The first-order valence-electron chi connectivity index (χ1n) is 5.95. The van der Waals surface area contributed by atoms with Crippen molar-refractivity contribution in [2.75, 3.05) is 20.1 Å². The smallest absolute Gasteiger partial charge is 0.323 e. The summed E-state index contributed by atoms with van der Waals surface area (Å²) in [4.78, 5) is 25.8. The molecule has 0 aromatic carbocycles. The van der Waals surface area contributed by atoms with E-state index >= 15 is 0 Å². The van der Waals surface area contributed by atoms with Crippen LogP contribution in [0.5, 0.6) is 0 Å². The predicted octanol–water partition coefficient (Wildman–Crippen LogP) is 2.05. The summed E-state index contributed by atoms with van der Waals surface area (Å²) in [6.45, 7) is 11.5. The first-order chi connectivity index (χ1) is 8.11. The molecule has 0 heterocycles. The minimum absolute atomic E-state index is 0.00566. The van der Waals surface area contributed by atoms with Gasteiger partial charge in [0.05, 0.1) is 0 Å². The van der Waals surface area contributed by atoms with Crippen molar-refractivity contribution in [3.63, 3.8) is 0 Å². The summed E-state index contributed by atoms with van der Waals surface area (Å²) in [5, 5.41) is 8.79. The highest BCUT2D eigenvalue weighted by Crippen LogP contribution is 2.23. The molecular weight excluding hydrogens is 232 g/mol. The standard InChI is InChI=1S/C13H24N2O3/c1-7-8-15(9-11(16)17)12(18)14(6)10(2)13(3,4)5/h7,10H,1,8-9H2,2-6H3,(H,16,17). The molecule has 0 spiro atoms. The maximum absolute atomic E-state index is 12.2. The molecule has 0 aromatic rings. The lowest BCUT2D eigenvalue weighted by atomic mass is 9.87. The molecule has 18 heavy (non-hydrogen) atoms. The largest absolute Gasteiger partial charge is 0.480 e. The fraction of sp³-hybridized carbons (Fsp3) is 0.692. The predicted molar refractivity (Wildman–Crippen MR) is 71.5 cm³/mol. The number of amides is 2. The number of nitrogens with zero attached hydrogens (tertiary/aromatic N) is 2. The number of carboxylic acids is 1. The third-order valence-electron chi connectivity index (χ3n) is 3.08. The van der Waals surface area contributed by atoms with E-state index in [4.69, 9.17) is 5.11 Å². The van der Waals surface area contributed by atoms with Crippen LogP contribution < -0.4 is 0 Å². The van der Waals surface area contributed by atoms with Crippen molar-refractivity contribution in [3.8, 4) is 0 Å². The molecule has 0 fully saturated rings. The van der Waals surface area contributed by atoms with Gasteiger partial charge in [-0.05, 0) is 12.3 Å². The van der Waals surface area contributed by atoms with Gasteiger partial charge in [-0.25, -0.2) is 4.79 Å². The summed E-state index contributed by atoms with van der Waals surface area (Å²) in [5.74, 6) is -1.03. The number of aliphatic carboxylic acids is 1. The molecule has 0 rings (SSSR count). The average molecular weight is 256 g/mol. The van der Waals surface area contributed by atoms with Crippen LogP contribution in [-0.4, -0.2) is 53.1 Å². The van der Waals surface area contributed by atoms with Gasteiger partial charge in [0.1, 0.15) is 6.54 Å². The molecule has 0 aromatic heterocycles. The van der Waals surface area contributed by atoms with Crippen molar-refractivity contribution in [2.45, 2.75) is 33.7 Å². The van der Waals surface area contributed by atoms with Crippen LogP contribution in [0.1, 0.15) is 27.7 Å². The summed E-state index contributed by atoms with van der Waals surface area (Å²) in [6, 6.07) is -0.286. The molecule has 2 amide bonds. The van der Waals surface area contributed by atoms with Crippen molar-refractivity contribution in [1.29, 1.82) is 0 Å². The Balaban J connectivity index is 4.85. The summed E-state index contributed by atoms with van der Waals surface area (Å²) in [7, 11) is 1.69. The number of rotatable bonds is 5. The van der Waals surface area contributed by atoms with Gasteiger partial charge >= 0.3 is 12.0 Å². The Hall–Kier alpha value is -1.52. The average Bonchev–Trinajstić information content (AvgIpc) is 2.23. The molecule has 0 aliphatic rings. The zero-order valence-corrected chi connectivity index (χ0v) is 11.9. The lowest BCUT2D eigenvalue weighted by Gasteiger charge is -2.37. The van der Waals surface area contributed by atoms with Gasteiger partial charge in [-0.2, -0.15) is 0 Å². The zero-order chi connectivity index (χ0) is 14.5. The van der Waals surface area contributed by atoms with E-state index < -0.39 is 5.97 Å². The molecule has 5 nitrogen and oxygen atoms in total. The van der Waals surface area contributed by atoms with Gasteiger partial charge in [0, 0.05) is 19.6 Å². The van der Waals surface area contributed by atoms with E-state index in [1.807, 2.05) is 27.7 Å².